The molecule has 1 amide bonds. The fourth-order valence-corrected chi connectivity index (χ4v) is 1.88. The smallest absolute Gasteiger partial charge is 0.251 e. The van der Waals surface area contributed by atoms with E-state index in [2.05, 4.69) is 10.6 Å². The molecule has 20 heavy (non-hydrogen) atoms. The Bertz CT molecular complexity index is 611. The molecule has 0 atom stereocenters. The second-order valence-corrected chi connectivity index (χ2v) is 4.73. The molecule has 0 aromatic heterocycles. The van der Waals surface area contributed by atoms with Gasteiger partial charge in [-0.15, -0.1) is 0 Å². The van der Waals surface area contributed by atoms with Crippen LogP contribution in [0.4, 0.5) is 17.1 Å². The Kier molecular flexibility index (Phi) is 4.48. The number of rotatable bonds is 4. The van der Waals surface area contributed by atoms with Crippen LogP contribution in [-0.2, 0) is 0 Å². The molecule has 2 rings (SSSR count). The van der Waals surface area contributed by atoms with E-state index in [-0.39, 0.29) is 5.91 Å². The van der Waals surface area contributed by atoms with E-state index < -0.39 is 0 Å². The molecule has 0 heterocycles. The highest BCUT2D eigenvalue weighted by Gasteiger charge is 2.07. The quantitative estimate of drug-likeness (QED) is 0.756. The highest BCUT2D eigenvalue weighted by molar-refractivity contribution is 6.30. The molecule has 0 saturated heterocycles. The zero-order chi connectivity index (χ0) is 14.5. The normalized spacial score (nSPS) is 10.1. The lowest BCUT2D eigenvalue weighted by Gasteiger charge is -2.11. The van der Waals surface area contributed by atoms with E-state index in [9.17, 15) is 4.79 Å². The molecule has 0 saturated carbocycles. The van der Waals surface area contributed by atoms with Gasteiger partial charge in [-0.3, -0.25) is 4.79 Å². The van der Waals surface area contributed by atoms with Crippen LogP contribution in [0.3, 0.4) is 0 Å². The molecule has 0 aliphatic heterocycles. The van der Waals surface area contributed by atoms with Crippen molar-refractivity contribution in [3.05, 3.63) is 53.1 Å². The molecule has 0 fully saturated rings. The molecule has 0 aliphatic carbocycles. The van der Waals surface area contributed by atoms with Gasteiger partial charge in [-0.25, -0.2) is 0 Å². The predicted molar refractivity (Wildman–Crippen MR) is 83.6 cm³/mol. The van der Waals surface area contributed by atoms with Crippen molar-refractivity contribution in [1.82, 2.24) is 5.32 Å². The number of nitrogens with one attached hydrogen (secondary N) is 2. The fraction of sp³-hybridized carbons (Fsp3) is 0.133. The van der Waals surface area contributed by atoms with Crippen LogP contribution in [-0.4, -0.2) is 12.5 Å². The number of amides is 1. The zero-order valence-electron chi connectivity index (χ0n) is 11.1. The summed E-state index contributed by atoms with van der Waals surface area (Å²) in [5.74, 6) is -0.119. The standard InChI is InChI=1S/C15H16ClN3O/c1-2-18-15(20)10-3-8-13(17)14(9-10)19-12-6-4-11(16)5-7-12/h3-9,19H,2,17H2,1H3,(H,18,20). The van der Waals surface area contributed by atoms with Gasteiger partial charge in [0.25, 0.3) is 5.91 Å². The van der Waals surface area contributed by atoms with Crippen molar-refractivity contribution in [2.45, 2.75) is 6.92 Å². The molecule has 2 aromatic carbocycles. The van der Waals surface area contributed by atoms with Crippen LogP contribution in [0.1, 0.15) is 17.3 Å². The minimum Gasteiger partial charge on any atom is -0.397 e. The van der Waals surface area contributed by atoms with Gasteiger partial charge in [0, 0.05) is 22.8 Å². The van der Waals surface area contributed by atoms with Crippen LogP contribution in [0, 0.1) is 0 Å². The van der Waals surface area contributed by atoms with Gasteiger partial charge >= 0.3 is 0 Å². The lowest BCUT2D eigenvalue weighted by molar-refractivity contribution is 0.0956. The minimum absolute atomic E-state index is 0.119. The minimum atomic E-state index is -0.119. The highest BCUT2D eigenvalue weighted by Crippen LogP contribution is 2.25. The molecule has 4 nitrogen and oxygen atoms in total. The second kappa shape index (κ2) is 6.30. The Hall–Kier alpha value is -2.20. The number of nitrogen functional groups attached to an aromatic ring is 1. The summed E-state index contributed by atoms with van der Waals surface area (Å²) in [6.45, 7) is 2.46. The molecule has 5 heteroatoms. The number of halogens is 1. The van der Waals surface area contributed by atoms with Gasteiger partial charge in [0.05, 0.1) is 11.4 Å². The van der Waals surface area contributed by atoms with E-state index in [0.717, 1.165) is 5.69 Å². The van der Waals surface area contributed by atoms with Crippen LogP contribution < -0.4 is 16.4 Å². The maximum atomic E-state index is 11.8. The third-order valence-corrected chi connectivity index (χ3v) is 3.03. The molecule has 0 bridgehead atoms. The average Bonchev–Trinajstić information content (AvgIpc) is 2.44. The number of hydrogen-bond donors (Lipinski definition) is 3. The first-order valence-electron chi connectivity index (χ1n) is 6.30. The number of carbonyl (C=O) groups is 1. The first-order valence-corrected chi connectivity index (χ1v) is 6.68. The van der Waals surface area contributed by atoms with Gasteiger partial charge in [-0.05, 0) is 49.4 Å². The lowest BCUT2D eigenvalue weighted by atomic mass is 10.1. The van der Waals surface area contributed by atoms with E-state index in [1.165, 1.54) is 0 Å². The summed E-state index contributed by atoms with van der Waals surface area (Å²) in [7, 11) is 0. The Labute approximate surface area is 122 Å². The zero-order valence-corrected chi connectivity index (χ0v) is 11.9. The number of nitrogens with two attached hydrogens (primary N) is 1. The summed E-state index contributed by atoms with van der Waals surface area (Å²) in [6.07, 6.45) is 0. The van der Waals surface area contributed by atoms with Gasteiger partial charge in [0.15, 0.2) is 0 Å². The maximum Gasteiger partial charge on any atom is 0.251 e. The third-order valence-electron chi connectivity index (χ3n) is 2.78. The Morgan fingerprint density at radius 3 is 2.55 bits per heavy atom. The molecule has 0 aliphatic rings. The SMILES string of the molecule is CCNC(=O)c1ccc(N)c(Nc2ccc(Cl)cc2)c1. The molecule has 0 unspecified atom stereocenters. The van der Waals surface area contributed by atoms with Crippen LogP contribution in [0.15, 0.2) is 42.5 Å². The summed E-state index contributed by atoms with van der Waals surface area (Å²) in [5, 5.41) is 6.59. The predicted octanol–water partition coefficient (Wildman–Crippen LogP) is 3.42. The third kappa shape index (κ3) is 3.42. The summed E-state index contributed by atoms with van der Waals surface area (Å²) < 4.78 is 0. The van der Waals surface area contributed by atoms with Crippen molar-refractivity contribution in [3.63, 3.8) is 0 Å². The van der Waals surface area contributed by atoms with Crippen molar-refractivity contribution >= 4 is 34.6 Å². The lowest BCUT2D eigenvalue weighted by Crippen LogP contribution is -2.22. The van der Waals surface area contributed by atoms with Crippen LogP contribution in [0.2, 0.25) is 5.02 Å². The molecule has 0 radical (unpaired) electrons. The molecular weight excluding hydrogens is 274 g/mol. The maximum absolute atomic E-state index is 11.8. The molecule has 4 N–H and O–H groups in total. The van der Waals surface area contributed by atoms with E-state index in [0.29, 0.717) is 28.5 Å². The topological polar surface area (TPSA) is 67.2 Å². The monoisotopic (exact) mass is 289 g/mol. The van der Waals surface area contributed by atoms with E-state index in [4.69, 9.17) is 17.3 Å². The molecule has 104 valence electrons. The summed E-state index contributed by atoms with van der Waals surface area (Å²) >= 11 is 5.84. The van der Waals surface area contributed by atoms with Gasteiger partial charge in [0.1, 0.15) is 0 Å². The van der Waals surface area contributed by atoms with Crippen molar-refractivity contribution in [2.24, 2.45) is 0 Å². The largest absolute Gasteiger partial charge is 0.397 e. The first-order chi connectivity index (χ1) is 9.60. The van der Waals surface area contributed by atoms with Crippen molar-refractivity contribution < 1.29 is 4.79 Å². The van der Waals surface area contributed by atoms with Gasteiger partial charge in [-0.1, -0.05) is 11.6 Å². The first kappa shape index (κ1) is 14.2. The van der Waals surface area contributed by atoms with Crippen LogP contribution in [0.25, 0.3) is 0 Å². The summed E-state index contributed by atoms with van der Waals surface area (Å²) in [6, 6.07) is 12.4. The summed E-state index contributed by atoms with van der Waals surface area (Å²) in [5.41, 5.74) is 8.61. The van der Waals surface area contributed by atoms with Crippen LogP contribution in [0.5, 0.6) is 0 Å². The van der Waals surface area contributed by atoms with E-state index in [1.54, 1.807) is 30.3 Å². The van der Waals surface area contributed by atoms with Crippen molar-refractivity contribution in [3.8, 4) is 0 Å². The van der Waals surface area contributed by atoms with Gasteiger partial charge in [-0.2, -0.15) is 0 Å². The number of benzene rings is 2. The number of anilines is 3. The van der Waals surface area contributed by atoms with E-state index >= 15 is 0 Å². The Morgan fingerprint density at radius 1 is 1.20 bits per heavy atom. The summed E-state index contributed by atoms with van der Waals surface area (Å²) in [4.78, 5) is 11.8. The van der Waals surface area contributed by atoms with Crippen molar-refractivity contribution in [2.75, 3.05) is 17.6 Å². The van der Waals surface area contributed by atoms with Crippen molar-refractivity contribution in [1.29, 1.82) is 0 Å². The molecular formula is C15H16ClN3O. The number of hydrogen-bond acceptors (Lipinski definition) is 3. The average molecular weight is 290 g/mol. The molecule has 2 aromatic rings. The number of carbonyl (C=O) groups excluding carboxylic acids is 1. The highest BCUT2D eigenvalue weighted by atomic mass is 35.5. The van der Waals surface area contributed by atoms with Crippen LogP contribution >= 0.6 is 11.6 Å². The Balaban J connectivity index is 2.24. The van der Waals surface area contributed by atoms with E-state index in [1.807, 2.05) is 19.1 Å². The van der Waals surface area contributed by atoms with Gasteiger partial charge < -0.3 is 16.4 Å². The van der Waals surface area contributed by atoms with Gasteiger partial charge in [0.2, 0.25) is 0 Å². The second-order valence-electron chi connectivity index (χ2n) is 4.29. The fourth-order valence-electron chi connectivity index (χ4n) is 1.76. The molecule has 0 spiro atoms. The Morgan fingerprint density at radius 2 is 1.90 bits per heavy atom.